The highest BCUT2D eigenvalue weighted by atomic mass is 31.3. The summed E-state index contributed by atoms with van der Waals surface area (Å²) in [5.74, 6) is 3.96. The molecule has 0 spiro atoms. The Balaban J connectivity index is 1.74. The molecule has 0 aromatic carbocycles. The Bertz CT molecular complexity index is 1280. The first-order chi connectivity index (χ1) is 19.2. The zero-order valence-electron chi connectivity index (χ0n) is 21.4. The van der Waals surface area contributed by atoms with Gasteiger partial charge >= 0.3 is 21.3 Å². The number of phosphoric acid groups is 2. The first kappa shape index (κ1) is 33.7. The van der Waals surface area contributed by atoms with Crippen molar-refractivity contribution in [2.45, 2.75) is 62.5 Å². The van der Waals surface area contributed by atoms with Crippen molar-refractivity contribution in [3.8, 4) is 0 Å². The van der Waals surface area contributed by atoms with Gasteiger partial charge in [0, 0.05) is 24.6 Å². The van der Waals surface area contributed by atoms with Crippen LogP contribution >= 0.6 is 15.6 Å². The molecule has 23 heteroatoms. The molecule has 0 saturated carbocycles. The van der Waals surface area contributed by atoms with E-state index in [4.69, 9.17) is 22.8 Å². The number of aromatic amines is 1. The fraction of sp³-hybridized carbons (Fsp3) is 0.722. The number of carbonyl (C=O) groups excluding carboxylic acids is 1. The minimum atomic E-state index is -5.14. The fourth-order valence-corrected chi connectivity index (χ4v) is 6.71. The van der Waals surface area contributed by atoms with Crippen LogP contribution in [0.3, 0.4) is 0 Å². The molecule has 0 aliphatic carbocycles. The van der Waals surface area contributed by atoms with E-state index in [0.717, 1.165) is 23.8 Å². The zero-order chi connectivity index (χ0) is 30.7. The number of ketones is 1. The molecule has 5 unspecified atom stereocenters. The first-order valence-corrected chi connectivity index (χ1v) is 14.7. The third kappa shape index (κ3) is 7.80. The van der Waals surface area contributed by atoms with Crippen LogP contribution in [0.15, 0.2) is 21.9 Å². The van der Waals surface area contributed by atoms with Gasteiger partial charge in [-0.1, -0.05) is 9.25 Å². The van der Waals surface area contributed by atoms with E-state index < -0.39 is 107 Å². The molecule has 0 radical (unpaired) electrons. The van der Waals surface area contributed by atoms with E-state index in [2.05, 4.69) is 21.0 Å². The molecule has 2 aliphatic heterocycles. The molecular weight excluding hydrogens is 606 g/mol. The summed E-state index contributed by atoms with van der Waals surface area (Å²) in [6.07, 6.45) is -12.6. The number of hydrogen-bond acceptors (Lipinski definition) is 17. The van der Waals surface area contributed by atoms with E-state index in [1.165, 1.54) is 0 Å². The number of nitrogens with zero attached hydrogens (tertiary/aromatic N) is 1. The molecule has 2 aliphatic rings. The van der Waals surface area contributed by atoms with Crippen molar-refractivity contribution in [3.63, 3.8) is 0 Å². The van der Waals surface area contributed by atoms with E-state index >= 15 is 0 Å². The summed E-state index contributed by atoms with van der Waals surface area (Å²) in [5.41, 5.74) is -1.70. The lowest BCUT2D eigenvalue weighted by molar-refractivity contribution is -0.648. The number of Topliss-reactive ketones (excluding diaryl/α,β-unsaturated/α-hetero) is 1. The highest BCUT2D eigenvalue weighted by molar-refractivity contribution is 7.62. The fourth-order valence-electron chi connectivity index (χ4n) is 4.09. The number of quaternary nitrogens is 2. The van der Waals surface area contributed by atoms with Gasteiger partial charge in [-0.2, -0.15) is 4.31 Å². The van der Waals surface area contributed by atoms with Crippen LogP contribution in [0.1, 0.15) is 19.6 Å². The van der Waals surface area contributed by atoms with Gasteiger partial charge in [-0.3, -0.25) is 23.4 Å². The largest absolute Gasteiger partial charge is 0.532 e. The summed E-state index contributed by atoms with van der Waals surface area (Å²) in [5, 5.41) is 50.7. The summed E-state index contributed by atoms with van der Waals surface area (Å²) in [6.45, 7) is -0.566. The summed E-state index contributed by atoms with van der Waals surface area (Å²) in [7, 11) is -10.2. The summed E-state index contributed by atoms with van der Waals surface area (Å²) in [4.78, 5) is 37.0. The third-order valence-corrected chi connectivity index (χ3v) is 9.30. The number of ether oxygens (including phenoxy) is 2. The first-order valence-electron chi connectivity index (χ1n) is 11.7. The smallest absolute Gasteiger partial charge is 0.394 e. The number of aliphatic hydroxyl groups excluding tert-OH is 5. The summed E-state index contributed by atoms with van der Waals surface area (Å²) in [6, 6.07) is 0.960. The number of nitrogens with one attached hydrogen (secondary N) is 1. The average molecular weight is 638 g/mol. The van der Waals surface area contributed by atoms with Crippen LogP contribution in [0.5, 0.6) is 0 Å². The molecule has 3 heterocycles. The SMILES string of the molecule is CC(=O)CC1[C@@H](OP(=O)(O[NH3+])OP(=O)(O[NH3+])OC[C@H]2O[C@@H](n3ccc(=O)[nH]c3=O)C(O)[C@H]2O)OC(CO)[C@H](O)[C@@H]1O. The molecule has 234 valence electrons. The van der Waals surface area contributed by atoms with Gasteiger partial charge in [-0.15, -0.1) is 0 Å². The van der Waals surface area contributed by atoms with Crippen LogP contribution in [0, 0.1) is 5.92 Å². The van der Waals surface area contributed by atoms with Crippen molar-refractivity contribution in [3.05, 3.63) is 33.1 Å². The van der Waals surface area contributed by atoms with Crippen molar-refractivity contribution >= 4 is 21.4 Å². The second kappa shape index (κ2) is 13.7. The van der Waals surface area contributed by atoms with Gasteiger partial charge in [0.25, 0.3) is 5.56 Å². The van der Waals surface area contributed by atoms with Crippen LogP contribution in [0.4, 0.5) is 0 Å². The Labute approximate surface area is 229 Å². The second-order valence-corrected chi connectivity index (χ2v) is 12.4. The normalized spacial score (nSPS) is 35.1. The predicted octanol–water partition coefficient (Wildman–Crippen LogP) is -5.20. The molecule has 41 heavy (non-hydrogen) atoms. The number of aliphatic hydroxyl groups is 5. The van der Waals surface area contributed by atoms with Gasteiger partial charge in [-0.25, -0.2) is 25.7 Å². The number of aromatic nitrogens is 2. The molecule has 0 amide bonds. The van der Waals surface area contributed by atoms with Crippen LogP contribution < -0.4 is 23.0 Å². The van der Waals surface area contributed by atoms with E-state index in [9.17, 15) is 49.0 Å². The van der Waals surface area contributed by atoms with E-state index in [1.54, 1.807) is 0 Å². The molecule has 0 bridgehead atoms. The third-order valence-electron chi connectivity index (χ3n) is 6.14. The van der Waals surface area contributed by atoms with Gasteiger partial charge in [0.2, 0.25) is 0 Å². The molecular formula is C18H32N4O17P2+2. The molecule has 11 atom stereocenters. The average Bonchev–Trinajstić information content (AvgIpc) is 3.20. The summed E-state index contributed by atoms with van der Waals surface area (Å²) < 4.78 is 61.6. The lowest BCUT2D eigenvalue weighted by Crippen LogP contribution is -2.57. The van der Waals surface area contributed by atoms with E-state index in [1.807, 2.05) is 4.98 Å². The van der Waals surface area contributed by atoms with E-state index in [0.29, 0.717) is 0 Å². The number of rotatable bonds is 13. The second-order valence-electron chi connectivity index (χ2n) is 8.98. The Morgan fingerprint density at radius 3 is 2.22 bits per heavy atom. The van der Waals surface area contributed by atoms with Gasteiger partial charge in [0.15, 0.2) is 12.5 Å². The molecule has 2 fully saturated rings. The minimum Gasteiger partial charge on any atom is -0.394 e. The van der Waals surface area contributed by atoms with Crippen LogP contribution in [0.25, 0.3) is 0 Å². The Hall–Kier alpha value is -1.75. The maximum absolute atomic E-state index is 13.2. The quantitative estimate of drug-likeness (QED) is 0.0739. The highest BCUT2D eigenvalue weighted by Crippen LogP contribution is 2.65. The van der Waals surface area contributed by atoms with Crippen LogP contribution in [0.2, 0.25) is 0 Å². The Morgan fingerprint density at radius 1 is 1.02 bits per heavy atom. The standard InChI is InChI=1S/C18H31N4O17P2/c1-7(24)4-8-12(26)13(27)9(5-23)35-17(8)36-41(32,38-20)39-40(31,37-19)33-6-10-14(28)15(29)16(34-10)22-3-2-11(25)21-18(22)30/h2-3,8-10,12-17,23,26-29H,4-6H2,1,19-20H3/q+1/p+1/t8?,9?,10-,12-,13+,14+,15?,16-,17-,40?,41?/m1/s1. The lowest BCUT2D eigenvalue weighted by Gasteiger charge is -2.41. The maximum Gasteiger partial charge on any atom is 0.532 e. The molecule has 2 saturated heterocycles. The van der Waals surface area contributed by atoms with Gasteiger partial charge in [0.1, 0.15) is 36.3 Å². The number of hydrogen-bond donors (Lipinski definition) is 8. The molecule has 21 nitrogen and oxygen atoms in total. The highest BCUT2D eigenvalue weighted by Gasteiger charge is 2.52. The topological polar surface area (TPSA) is 327 Å². The molecule has 12 N–H and O–H groups in total. The van der Waals surface area contributed by atoms with Gasteiger partial charge in [-0.05, 0) is 6.92 Å². The van der Waals surface area contributed by atoms with Crippen molar-refractivity contribution in [1.82, 2.24) is 9.55 Å². The van der Waals surface area contributed by atoms with E-state index in [-0.39, 0.29) is 0 Å². The van der Waals surface area contributed by atoms with Crippen molar-refractivity contribution < 1.29 is 83.3 Å². The molecule has 1 aromatic rings. The predicted molar refractivity (Wildman–Crippen MR) is 125 cm³/mol. The number of carbonyl (C=O) groups is 1. The number of H-pyrrole nitrogens is 1. The Morgan fingerprint density at radius 2 is 1.66 bits per heavy atom. The van der Waals surface area contributed by atoms with Crippen LogP contribution in [-0.2, 0) is 46.0 Å². The van der Waals surface area contributed by atoms with Crippen LogP contribution in [-0.4, -0.2) is 97.0 Å². The van der Waals surface area contributed by atoms with Gasteiger partial charge < -0.3 is 39.8 Å². The minimum absolute atomic E-state index is 0.461. The molecule has 3 rings (SSSR count). The maximum atomic E-state index is 13.2. The monoisotopic (exact) mass is 638 g/mol. The molecule has 1 aromatic heterocycles. The van der Waals surface area contributed by atoms with Gasteiger partial charge in [0.05, 0.1) is 19.3 Å². The van der Waals surface area contributed by atoms with Crippen molar-refractivity contribution in [2.24, 2.45) is 5.92 Å². The Kier molecular flexibility index (Phi) is 11.3. The van der Waals surface area contributed by atoms with Crippen molar-refractivity contribution in [1.29, 1.82) is 0 Å². The van der Waals surface area contributed by atoms with Crippen molar-refractivity contribution in [2.75, 3.05) is 13.2 Å². The lowest BCUT2D eigenvalue weighted by atomic mass is 9.87. The zero-order valence-corrected chi connectivity index (χ0v) is 23.2. The summed E-state index contributed by atoms with van der Waals surface area (Å²) >= 11 is 0.